The van der Waals surface area contributed by atoms with Gasteiger partial charge in [0.1, 0.15) is 5.54 Å². The van der Waals surface area contributed by atoms with Crippen LogP contribution in [-0.2, 0) is 9.59 Å². The molecular weight excluding hydrogens is 322 g/mol. The molecular formula is C15H18BrNO3. The molecule has 108 valence electrons. The number of carboxylic acid groups (broad SMARTS) is 1. The highest BCUT2D eigenvalue weighted by Gasteiger charge is 2.35. The fourth-order valence-corrected chi connectivity index (χ4v) is 2.23. The predicted octanol–water partition coefficient (Wildman–Crippen LogP) is 3.17. The largest absolute Gasteiger partial charge is 0.480 e. The van der Waals surface area contributed by atoms with Gasteiger partial charge in [0.25, 0.3) is 0 Å². The number of hydrogen-bond acceptors (Lipinski definition) is 2. The number of rotatable bonds is 5. The van der Waals surface area contributed by atoms with Crippen LogP contribution in [-0.4, -0.2) is 34.0 Å². The van der Waals surface area contributed by atoms with E-state index in [4.69, 9.17) is 0 Å². The van der Waals surface area contributed by atoms with Crippen LogP contribution in [0.1, 0.15) is 26.3 Å². The fourth-order valence-electron chi connectivity index (χ4n) is 1.81. The summed E-state index contributed by atoms with van der Waals surface area (Å²) in [5, 5.41) is 9.19. The summed E-state index contributed by atoms with van der Waals surface area (Å²) < 4.78 is 0.922. The number of carboxylic acids is 1. The molecule has 1 aromatic carbocycles. The summed E-state index contributed by atoms with van der Waals surface area (Å²) in [7, 11) is 0. The Kier molecular flexibility index (Phi) is 5.51. The number of amides is 1. The van der Waals surface area contributed by atoms with Gasteiger partial charge in [-0.15, -0.1) is 0 Å². The lowest BCUT2D eigenvalue weighted by Gasteiger charge is -2.33. The van der Waals surface area contributed by atoms with Crippen LogP contribution in [0.5, 0.6) is 0 Å². The molecule has 0 atom stereocenters. The van der Waals surface area contributed by atoms with Gasteiger partial charge in [-0.3, -0.25) is 4.79 Å². The highest BCUT2D eigenvalue weighted by atomic mass is 79.9. The van der Waals surface area contributed by atoms with Gasteiger partial charge in [0.15, 0.2) is 0 Å². The molecule has 0 aliphatic heterocycles. The van der Waals surface area contributed by atoms with Crippen LogP contribution in [0.25, 0.3) is 6.08 Å². The molecule has 0 saturated heterocycles. The molecule has 0 aromatic heterocycles. The van der Waals surface area contributed by atoms with Gasteiger partial charge >= 0.3 is 5.97 Å². The third-order valence-corrected chi connectivity index (χ3v) is 3.54. The molecule has 5 heteroatoms. The van der Waals surface area contributed by atoms with Crippen LogP contribution >= 0.6 is 15.9 Å². The van der Waals surface area contributed by atoms with Crippen molar-refractivity contribution in [2.75, 3.05) is 6.54 Å². The number of hydrogen-bond donors (Lipinski definition) is 1. The lowest BCUT2D eigenvalue weighted by atomic mass is 10.0. The zero-order chi connectivity index (χ0) is 15.3. The number of nitrogens with zero attached hydrogens (tertiary/aromatic N) is 1. The second-order valence-corrected chi connectivity index (χ2v) is 5.75. The zero-order valence-electron chi connectivity index (χ0n) is 11.8. The first-order valence-corrected chi connectivity index (χ1v) is 7.07. The Hall–Kier alpha value is -1.62. The molecule has 0 aliphatic rings. The van der Waals surface area contributed by atoms with E-state index in [0.29, 0.717) is 6.54 Å². The van der Waals surface area contributed by atoms with Crippen molar-refractivity contribution in [3.63, 3.8) is 0 Å². The van der Waals surface area contributed by atoms with Crippen LogP contribution in [0.3, 0.4) is 0 Å². The second kappa shape index (κ2) is 6.70. The minimum absolute atomic E-state index is 0.320. The summed E-state index contributed by atoms with van der Waals surface area (Å²) in [6.45, 7) is 5.13. The lowest BCUT2D eigenvalue weighted by Crippen LogP contribution is -2.52. The third kappa shape index (κ3) is 3.93. The van der Waals surface area contributed by atoms with Gasteiger partial charge in [-0.05, 0) is 44.5 Å². The Balaban J connectivity index is 2.91. The van der Waals surface area contributed by atoms with Gasteiger partial charge in [-0.2, -0.15) is 0 Å². The van der Waals surface area contributed by atoms with Gasteiger partial charge in [-0.25, -0.2) is 4.79 Å². The Morgan fingerprint density at radius 2 is 2.05 bits per heavy atom. The van der Waals surface area contributed by atoms with Crippen LogP contribution in [0.2, 0.25) is 0 Å². The van der Waals surface area contributed by atoms with Gasteiger partial charge in [0.05, 0.1) is 0 Å². The molecule has 1 N–H and O–H groups in total. The minimum atomic E-state index is -1.23. The van der Waals surface area contributed by atoms with Crippen molar-refractivity contribution >= 4 is 33.9 Å². The molecule has 1 amide bonds. The van der Waals surface area contributed by atoms with E-state index in [1.165, 1.54) is 24.8 Å². The molecule has 0 spiro atoms. The van der Waals surface area contributed by atoms with E-state index >= 15 is 0 Å². The van der Waals surface area contributed by atoms with Crippen molar-refractivity contribution in [1.82, 2.24) is 4.90 Å². The van der Waals surface area contributed by atoms with Crippen molar-refractivity contribution in [1.29, 1.82) is 0 Å². The summed E-state index contributed by atoms with van der Waals surface area (Å²) in [5.41, 5.74) is -0.357. The SMILES string of the molecule is CCN(C(=O)C=Cc1cccc(Br)c1)C(C)(C)C(=O)O. The quantitative estimate of drug-likeness (QED) is 0.838. The van der Waals surface area contributed by atoms with Gasteiger partial charge in [0.2, 0.25) is 5.91 Å². The maximum absolute atomic E-state index is 12.1. The standard InChI is InChI=1S/C15H18BrNO3/c1-4-17(15(2,3)14(19)20)13(18)9-8-11-6-5-7-12(16)10-11/h5-10H,4H2,1-3H3,(H,19,20). The highest BCUT2D eigenvalue weighted by Crippen LogP contribution is 2.16. The van der Waals surface area contributed by atoms with Crippen molar-refractivity contribution in [3.05, 3.63) is 40.4 Å². The first kappa shape index (κ1) is 16.4. The van der Waals surface area contributed by atoms with Crippen LogP contribution in [0.4, 0.5) is 0 Å². The highest BCUT2D eigenvalue weighted by molar-refractivity contribution is 9.10. The van der Waals surface area contributed by atoms with E-state index in [2.05, 4.69) is 15.9 Å². The molecule has 0 radical (unpaired) electrons. The molecule has 0 bridgehead atoms. The number of carbonyl (C=O) groups excluding carboxylic acids is 1. The number of likely N-dealkylation sites (N-methyl/N-ethyl adjacent to an activating group) is 1. The Morgan fingerprint density at radius 1 is 1.40 bits per heavy atom. The fraction of sp³-hybridized carbons (Fsp3) is 0.333. The Morgan fingerprint density at radius 3 is 2.55 bits per heavy atom. The van der Waals surface area contributed by atoms with Crippen LogP contribution in [0.15, 0.2) is 34.8 Å². The number of aliphatic carboxylic acids is 1. The number of benzene rings is 1. The predicted molar refractivity (Wildman–Crippen MR) is 82.3 cm³/mol. The molecule has 0 saturated carbocycles. The van der Waals surface area contributed by atoms with Crippen molar-refractivity contribution in [3.8, 4) is 0 Å². The summed E-state index contributed by atoms with van der Waals surface area (Å²) in [6.07, 6.45) is 3.07. The van der Waals surface area contributed by atoms with Crippen LogP contribution in [0, 0.1) is 0 Å². The molecule has 0 unspecified atom stereocenters. The second-order valence-electron chi connectivity index (χ2n) is 4.84. The smallest absolute Gasteiger partial charge is 0.329 e. The maximum Gasteiger partial charge on any atom is 0.329 e. The molecule has 0 aliphatic carbocycles. The molecule has 1 rings (SSSR count). The van der Waals surface area contributed by atoms with E-state index < -0.39 is 11.5 Å². The Labute approximate surface area is 127 Å². The normalized spacial score (nSPS) is 11.6. The van der Waals surface area contributed by atoms with E-state index in [9.17, 15) is 14.7 Å². The minimum Gasteiger partial charge on any atom is -0.480 e. The van der Waals surface area contributed by atoms with Crippen molar-refractivity contribution < 1.29 is 14.7 Å². The summed E-state index contributed by atoms with van der Waals surface area (Å²) in [6, 6.07) is 7.51. The zero-order valence-corrected chi connectivity index (χ0v) is 13.3. The van der Waals surface area contributed by atoms with E-state index in [-0.39, 0.29) is 5.91 Å². The van der Waals surface area contributed by atoms with Gasteiger partial charge < -0.3 is 10.0 Å². The first-order valence-electron chi connectivity index (χ1n) is 6.27. The number of halogens is 1. The van der Waals surface area contributed by atoms with Gasteiger partial charge in [-0.1, -0.05) is 28.1 Å². The van der Waals surface area contributed by atoms with Crippen LogP contribution < -0.4 is 0 Å². The summed E-state index contributed by atoms with van der Waals surface area (Å²) in [5.74, 6) is -1.34. The number of carbonyl (C=O) groups is 2. The molecule has 20 heavy (non-hydrogen) atoms. The molecule has 0 fully saturated rings. The van der Waals surface area contributed by atoms with Gasteiger partial charge in [0, 0.05) is 17.1 Å². The van der Waals surface area contributed by atoms with E-state index in [0.717, 1.165) is 10.0 Å². The third-order valence-electron chi connectivity index (χ3n) is 3.05. The van der Waals surface area contributed by atoms with E-state index in [1.807, 2.05) is 24.3 Å². The summed E-state index contributed by atoms with van der Waals surface area (Å²) in [4.78, 5) is 24.7. The van der Waals surface area contributed by atoms with Crippen molar-refractivity contribution in [2.24, 2.45) is 0 Å². The molecule has 0 heterocycles. The van der Waals surface area contributed by atoms with Crippen molar-refractivity contribution in [2.45, 2.75) is 26.3 Å². The monoisotopic (exact) mass is 339 g/mol. The average molecular weight is 340 g/mol. The summed E-state index contributed by atoms with van der Waals surface area (Å²) >= 11 is 3.36. The molecule has 1 aromatic rings. The first-order chi connectivity index (χ1) is 9.28. The lowest BCUT2D eigenvalue weighted by molar-refractivity contribution is -0.154. The average Bonchev–Trinajstić information content (AvgIpc) is 2.36. The van der Waals surface area contributed by atoms with E-state index in [1.54, 1.807) is 13.0 Å². The maximum atomic E-state index is 12.1. The molecule has 4 nitrogen and oxygen atoms in total. The topological polar surface area (TPSA) is 57.6 Å². The Bertz CT molecular complexity index is 538.